The van der Waals surface area contributed by atoms with Crippen LogP contribution in [0, 0.1) is 27.6 Å². The van der Waals surface area contributed by atoms with Gasteiger partial charge < -0.3 is 24.8 Å². The Labute approximate surface area is 332 Å². The first kappa shape index (κ1) is 38.7. The zero-order valence-electron chi connectivity index (χ0n) is 31.4. The number of rotatable bonds is 4. The summed E-state index contributed by atoms with van der Waals surface area (Å²) in [4.78, 5) is 0. The molecule has 0 amide bonds. The summed E-state index contributed by atoms with van der Waals surface area (Å²) in [5, 5.41) is 0.801. The Morgan fingerprint density at radius 1 is 0.706 bits per heavy atom. The van der Waals surface area contributed by atoms with E-state index in [1.54, 1.807) is 19.9 Å². The van der Waals surface area contributed by atoms with Crippen molar-refractivity contribution in [2.24, 2.45) is 27.6 Å². The Bertz CT molecular complexity index is 2040. The molecule has 8 rings (SSSR count). The molecule has 0 N–H and O–H groups in total. The number of hydrogen-bond donors (Lipinski definition) is 0. The second kappa shape index (κ2) is 13.4. The second-order valence-electron chi connectivity index (χ2n) is 17.2. The van der Waals surface area contributed by atoms with Crippen LogP contribution in [0.5, 0.6) is 0 Å². The predicted octanol–water partition coefficient (Wildman–Crippen LogP) is 7.01. The SMILES string of the molecule is CC12C(=C3Cc4ccccc4C3=C3C=CCCC31)[C](C)([Zr+2](=[C](c1ccccc1)c1ccc(Cl)cc1)[CH]1C=CC=C1)C(C)(C)C(C)(C)C2(C)C.[Cl-].[Cl-]. The van der Waals surface area contributed by atoms with Gasteiger partial charge in [-0.3, -0.25) is 0 Å². The van der Waals surface area contributed by atoms with Gasteiger partial charge in [-0.2, -0.15) is 0 Å². The molecule has 3 atom stereocenters. The molecule has 264 valence electrons. The van der Waals surface area contributed by atoms with Crippen LogP contribution in [0.4, 0.5) is 0 Å². The van der Waals surface area contributed by atoms with Crippen LogP contribution in [0.3, 0.4) is 0 Å². The third-order valence-corrected chi connectivity index (χ3v) is 25.7. The molecule has 4 heteroatoms. The molecule has 5 aliphatic rings. The van der Waals surface area contributed by atoms with Crippen molar-refractivity contribution in [3.05, 3.63) is 159 Å². The Kier molecular flexibility index (Phi) is 10.2. The molecule has 51 heavy (non-hydrogen) atoms. The van der Waals surface area contributed by atoms with Crippen LogP contribution >= 0.6 is 11.6 Å². The summed E-state index contributed by atoms with van der Waals surface area (Å²) >= 11 is 3.61. The second-order valence-corrected chi connectivity index (χ2v) is 25.0. The summed E-state index contributed by atoms with van der Waals surface area (Å²) in [5.41, 5.74) is 12.4. The van der Waals surface area contributed by atoms with Crippen molar-refractivity contribution in [3.8, 4) is 0 Å². The molecule has 3 unspecified atom stereocenters. The zero-order valence-corrected chi connectivity index (χ0v) is 36.1. The van der Waals surface area contributed by atoms with Crippen LogP contribution in [-0.4, -0.2) is 3.21 Å². The summed E-state index contributed by atoms with van der Waals surface area (Å²) in [6, 6.07) is 29.7. The van der Waals surface area contributed by atoms with Gasteiger partial charge in [-0.15, -0.1) is 0 Å². The molecule has 0 nitrogen and oxygen atoms in total. The quantitative estimate of drug-likeness (QED) is 0.266. The number of hydrogen-bond acceptors (Lipinski definition) is 0. The minimum Gasteiger partial charge on any atom is -1.00 e. The van der Waals surface area contributed by atoms with E-state index < -0.39 is 21.3 Å². The molecule has 0 aromatic heterocycles. The Balaban J connectivity index is 0.00000224. The van der Waals surface area contributed by atoms with Crippen molar-refractivity contribution in [2.75, 3.05) is 0 Å². The Morgan fingerprint density at radius 3 is 1.98 bits per heavy atom. The van der Waals surface area contributed by atoms with E-state index in [0.29, 0.717) is 9.54 Å². The molecule has 3 aromatic carbocycles. The van der Waals surface area contributed by atoms with E-state index in [1.807, 2.05) is 5.57 Å². The van der Waals surface area contributed by atoms with Gasteiger partial charge in [0.2, 0.25) is 0 Å². The van der Waals surface area contributed by atoms with Crippen molar-refractivity contribution in [1.29, 1.82) is 0 Å². The average molecular weight is 814 g/mol. The minimum absolute atomic E-state index is 0. The van der Waals surface area contributed by atoms with Gasteiger partial charge in [-0.1, -0.05) is 0 Å². The molecule has 3 aromatic rings. The van der Waals surface area contributed by atoms with Crippen molar-refractivity contribution in [2.45, 2.75) is 81.4 Å². The van der Waals surface area contributed by atoms with Crippen molar-refractivity contribution in [3.63, 3.8) is 0 Å². The van der Waals surface area contributed by atoms with Gasteiger partial charge in [0.15, 0.2) is 0 Å². The maximum atomic E-state index is 6.61. The molecular weight excluding hydrogens is 762 g/mol. The van der Waals surface area contributed by atoms with Crippen LogP contribution < -0.4 is 24.8 Å². The monoisotopic (exact) mass is 810 g/mol. The van der Waals surface area contributed by atoms with Crippen LogP contribution in [-0.2, 0) is 27.7 Å². The van der Waals surface area contributed by atoms with Crippen molar-refractivity contribution < 1.29 is 46.1 Å². The van der Waals surface area contributed by atoms with E-state index in [9.17, 15) is 0 Å². The predicted molar refractivity (Wildman–Crippen MR) is 207 cm³/mol. The zero-order chi connectivity index (χ0) is 34.6. The summed E-state index contributed by atoms with van der Waals surface area (Å²) < 4.78 is 2.03. The number of fused-ring (bicyclic) bond motifs is 6. The van der Waals surface area contributed by atoms with Crippen LogP contribution in [0.15, 0.2) is 132 Å². The van der Waals surface area contributed by atoms with Gasteiger partial charge in [-0.25, -0.2) is 0 Å². The molecule has 0 heterocycles. The first-order valence-electron chi connectivity index (χ1n) is 18.4. The largest absolute Gasteiger partial charge is 1.00 e. The fourth-order valence-corrected chi connectivity index (χ4v) is 23.2. The van der Waals surface area contributed by atoms with Gasteiger partial charge in [0.05, 0.1) is 0 Å². The Morgan fingerprint density at radius 2 is 1.31 bits per heavy atom. The van der Waals surface area contributed by atoms with E-state index in [4.69, 9.17) is 11.6 Å². The number of allylic oxidation sites excluding steroid dienone is 10. The maximum Gasteiger partial charge on any atom is -1.00 e. The number of halogens is 3. The van der Waals surface area contributed by atoms with Crippen molar-refractivity contribution in [1.82, 2.24) is 0 Å². The normalized spacial score (nSPS) is 27.9. The summed E-state index contributed by atoms with van der Waals surface area (Å²) in [7, 11) is 0. The molecular formula is C47H51Cl3Zr. The van der Waals surface area contributed by atoms with E-state index in [1.165, 1.54) is 28.7 Å². The fourth-order valence-electron chi connectivity index (χ4n) is 11.5. The minimum atomic E-state index is -3.00. The van der Waals surface area contributed by atoms with Crippen LogP contribution in [0.2, 0.25) is 11.8 Å². The molecule has 0 spiro atoms. The molecule has 1 fully saturated rings. The van der Waals surface area contributed by atoms with E-state index >= 15 is 0 Å². The standard InChI is InChI=1S/C29H37.C13H9Cl.C5H5.2ClH.Zr/c1-18-25-22-17-19-13-9-10-14-20(19)24(22)21-15-11-12-16-23(21)29(25,8)28(6,7)27(4,5)26(18,2)3;14-13-8-6-12(7-9-13)10-11-4-2-1-3-5-11;1-2-4-5-3-1;;;/h9-11,13-15,23H,12,16-17H2,1-8H3;1-9H;1-5H;2*1H;/q;;;;;+2/p-2. The molecule has 0 radical (unpaired) electrons. The molecule has 0 aliphatic heterocycles. The van der Waals surface area contributed by atoms with Gasteiger partial charge in [0, 0.05) is 0 Å². The van der Waals surface area contributed by atoms with Gasteiger partial charge in [0.1, 0.15) is 0 Å². The summed E-state index contributed by atoms with van der Waals surface area (Å²) in [6.45, 7) is 21.5. The first-order valence-corrected chi connectivity index (χ1v) is 22.7. The Hall–Kier alpha value is -2.02. The smallest absolute Gasteiger partial charge is 1.00 e. The average Bonchev–Trinajstić information content (AvgIpc) is 3.76. The molecule has 0 bridgehead atoms. The third kappa shape index (κ3) is 5.10. The first-order chi connectivity index (χ1) is 23.3. The molecule has 1 saturated carbocycles. The summed E-state index contributed by atoms with van der Waals surface area (Å²) in [6.07, 6.45) is 18.2. The number of benzene rings is 3. The molecule has 5 aliphatic carbocycles. The summed E-state index contributed by atoms with van der Waals surface area (Å²) in [5.74, 6) is 0.483. The maximum absolute atomic E-state index is 6.61. The third-order valence-electron chi connectivity index (χ3n) is 15.3. The van der Waals surface area contributed by atoms with Gasteiger partial charge in [0.25, 0.3) is 0 Å². The van der Waals surface area contributed by atoms with Crippen LogP contribution in [0.25, 0.3) is 5.57 Å². The van der Waals surface area contributed by atoms with E-state index in [0.717, 1.165) is 17.9 Å². The van der Waals surface area contributed by atoms with E-state index in [2.05, 4.69) is 171 Å². The molecule has 0 saturated heterocycles. The van der Waals surface area contributed by atoms with Crippen LogP contribution in [0.1, 0.15) is 90.5 Å². The van der Waals surface area contributed by atoms with E-state index in [-0.39, 0.29) is 49.6 Å². The van der Waals surface area contributed by atoms with Gasteiger partial charge in [-0.05, 0) is 0 Å². The van der Waals surface area contributed by atoms with Crippen molar-refractivity contribution >= 4 is 20.4 Å². The van der Waals surface area contributed by atoms with Gasteiger partial charge >= 0.3 is 310 Å². The fraction of sp³-hybridized carbons (Fsp3) is 0.383. The topological polar surface area (TPSA) is 0 Å².